The maximum Gasteiger partial charge on any atom is 0.329 e. The average molecular weight is 336 g/mol. The summed E-state index contributed by atoms with van der Waals surface area (Å²) in [7, 11) is 0. The fourth-order valence-electron chi connectivity index (χ4n) is 2.91. The Morgan fingerprint density at radius 3 is 2.62 bits per heavy atom. The lowest BCUT2D eigenvalue weighted by Gasteiger charge is -2.27. The van der Waals surface area contributed by atoms with Crippen molar-refractivity contribution in [2.45, 2.75) is 39.8 Å². The minimum atomic E-state index is -0.568. The molecule has 0 saturated carbocycles. The van der Waals surface area contributed by atoms with Crippen molar-refractivity contribution in [2.24, 2.45) is 5.92 Å². The van der Waals surface area contributed by atoms with Gasteiger partial charge in [0.15, 0.2) is 0 Å². The Kier molecular flexibility index (Phi) is 6.99. The van der Waals surface area contributed by atoms with Crippen molar-refractivity contribution in [3.8, 4) is 0 Å². The van der Waals surface area contributed by atoms with Crippen LogP contribution in [0.2, 0.25) is 0 Å². The summed E-state index contributed by atoms with van der Waals surface area (Å²) in [6, 6.07) is 2.82. The molecule has 1 fully saturated rings. The second-order valence-corrected chi connectivity index (χ2v) is 6.57. The molecule has 134 valence electrons. The standard InChI is InChI=1S/C18H28N2O4/c1-4-24-18(22)16(11-14(2)3)20-13-15(5-6-17(20)21)12-19-7-9-23-10-8-19/h5-6,13-14,16H,4,7-12H2,1-3H3. The van der Waals surface area contributed by atoms with Gasteiger partial charge in [0.25, 0.3) is 5.56 Å². The van der Waals surface area contributed by atoms with E-state index in [0.717, 1.165) is 38.4 Å². The van der Waals surface area contributed by atoms with E-state index in [2.05, 4.69) is 4.90 Å². The number of carbonyl (C=O) groups excluding carboxylic acids is 1. The second-order valence-electron chi connectivity index (χ2n) is 6.57. The number of rotatable bonds is 7. The summed E-state index contributed by atoms with van der Waals surface area (Å²) in [5, 5.41) is 0. The van der Waals surface area contributed by atoms with Crippen LogP contribution in [0.25, 0.3) is 0 Å². The van der Waals surface area contributed by atoms with E-state index in [9.17, 15) is 9.59 Å². The molecule has 24 heavy (non-hydrogen) atoms. The van der Waals surface area contributed by atoms with Gasteiger partial charge in [0, 0.05) is 31.9 Å². The van der Waals surface area contributed by atoms with Crippen LogP contribution in [-0.2, 0) is 20.8 Å². The van der Waals surface area contributed by atoms with E-state index < -0.39 is 6.04 Å². The van der Waals surface area contributed by atoms with Gasteiger partial charge in [0.2, 0.25) is 0 Å². The summed E-state index contributed by atoms with van der Waals surface area (Å²) in [5.41, 5.74) is 0.856. The summed E-state index contributed by atoms with van der Waals surface area (Å²) >= 11 is 0. The van der Waals surface area contributed by atoms with Crippen LogP contribution < -0.4 is 5.56 Å². The predicted molar refractivity (Wildman–Crippen MR) is 91.9 cm³/mol. The van der Waals surface area contributed by atoms with Crippen molar-refractivity contribution in [1.82, 2.24) is 9.47 Å². The van der Waals surface area contributed by atoms with Gasteiger partial charge in [0.1, 0.15) is 6.04 Å². The van der Waals surface area contributed by atoms with Crippen molar-refractivity contribution in [3.05, 3.63) is 34.2 Å². The van der Waals surface area contributed by atoms with E-state index in [-0.39, 0.29) is 17.4 Å². The molecule has 1 aliphatic rings. The Hall–Kier alpha value is -1.66. The predicted octanol–water partition coefficient (Wildman–Crippen LogP) is 1.83. The van der Waals surface area contributed by atoms with Gasteiger partial charge in [-0.05, 0) is 24.8 Å². The lowest BCUT2D eigenvalue weighted by atomic mass is 10.0. The van der Waals surface area contributed by atoms with E-state index >= 15 is 0 Å². The van der Waals surface area contributed by atoms with Crippen LogP contribution in [0, 0.1) is 5.92 Å². The van der Waals surface area contributed by atoms with Gasteiger partial charge >= 0.3 is 5.97 Å². The van der Waals surface area contributed by atoms with Crippen LogP contribution in [-0.4, -0.2) is 48.3 Å². The topological polar surface area (TPSA) is 60.8 Å². The number of esters is 1. The number of hydrogen-bond donors (Lipinski definition) is 0. The van der Waals surface area contributed by atoms with Gasteiger partial charge in [-0.25, -0.2) is 4.79 Å². The normalized spacial score (nSPS) is 17.0. The molecule has 1 aliphatic heterocycles. The molecule has 1 aromatic rings. The summed E-state index contributed by atoms with van der Waals surface area (Å²) in [6.45, 7) is 10.2. The van der Waals surface area contributed by atoms with Gasteiger partial charge in [-0.3, -0.25) is 9.69 Å². The van der Waals surface area contributed by atoms with Crippen LogP contribution in [0.1, 0.15) is 38.8 Å². The molecule has 0 aromatic carbocycles. The van der Waals surface area contributed by atoms with E-state index in [4.69, 9.17) is 9.47 Å². The monoisotopic (exact) mass is 336 g/mol. The molecule has 0 N–H and O–H groups in total. The second kappa shape index (κ2) is 8.99. The molecular weight excluding hydrogens is 308 g/mol. The molecule has 0 bridgehead atoms. The highest BCUT2D eigenvalue weighted by Gasteiger charge is 2.24. The molecule has 1 aromatic heterocycles. The van der Waals surface area contributed by atoms with Gasteiger partial charge in [0.05, 0.1) is 19.8 Å². The third kappa shape index (κ3) is 5.18. The largest absolute Gasteiger partial charge is 0.464 e. The first-order valence-corrected chi connectivity index (χ1v) is 8.69. The first-order valence-electron chi connectivity index (χ1n) is 8.69. The molecule has 0 spiro atoms. The lowest BCUT2D eigenvalue weighted by molar-refractivity contribution is -0.147. The number of hydrogen-bond acceptors (Lipinski definition) is 5. The molecule has 0 amide bonds. The molecule has 2 rings (SSSR count). The number of ether oxygens (including phenoxy) is 2. The quantitative estimate of drug-likeness (QED) is 0.711. The van der Waals surface area contributed by atoms with E-state index in [0.29, 0.717) is 13.0 Å². The first-order chi connectivity index (χ1) is 11.5. The van der Waals surface area contributed by atoms with E-state index in [1.165, 1.54) is 4.57 Å². The zero-order valence-electron chi connectivity index (χ0n) is 14.9. The summed E-state index contributed by atoms with van der Waals surface area (Å²) in [5.74, 6) is -0.0500. The van der Waals surface area contributed by atoms with E-state index in [1.54, 1.807) is 13.0 Å². The van der Waals surface area contributed by atoms with Crippen LogP contribution in [0.3, 0.4) is 0 Å². The van der Waals surface area contributed by atoms with Crippen LogP contribution in [0.4, 0.5) is 0 Å². The Labute approximate surface area is 143 Å². The van der Waals surface area contributed by atoms with Crippen LogP contribution in [0.5, 0.6) is 0 Å². The number of carbonyl (C=O) groups is 1. The Balaban J connectivity index is 2.22. The summed E-state index contributed by atoms with van der Waals surface area (Å²) in [4.78, 5) is 26.9. The molecule has 6 nitrogen and oxygen atoms in total. The van der Waals surface area contributed by atoms with Crippen molar-refractivity contribution < 1.29 is 14.3 Å². The van der Waals surface area contributed by atoms with Gasteiger partial charge in [-0.15, -0.1) is 0 Å². The molecular formula is C18H28N2O4. The van der Waals surface area contributed by atoms with Gasteiger partial charge in [-0.1, -0.05) is 19.9 Å². The third-order valence-electron chi connectivity index (χ3n) is 4.10. The zero-order chi connectivity index (χ0) is 17.5. The van der Waals surface area contributed by atoms with Gasteiger partial charge < -0.3 is 14.0 Å². The van der Waals surface area contributed by atoms with E-state index in [1.807, 2.05) is 26.1 Å². The Bertz CT molecular complexity index is 591. The molecule has 0 aliphatic carbocycles. The SMILES string of the molecule is CCOC(=O)C(CC(C)C)n1cc(CN2CCOCC2)ccc1=O. The first kappa shape index (κ1) is 18.7. The third-order valence-corrected chi connectivity index (χ3v) is 4.10. The van der Waals surface area contributed by atoms with Crippen LogP contribution >= 0.6 is 0 Å². The van der Waals surface area contributed by atoms with Crippen LogP contribution in [0.15, 0.2) is 23.1 Å². The van der Waals surface area contributed by atoms with Crippen molar-refractivity contribution in [2.75, 3.05) is 32.9 Å². The maximum absolute atomic E-state index is 12.3. The fourth-order valence-corrected chi connectivity index (χ4v) is 2.91. The van der Waals surface area contributed by atoms with Crippen molar-refractivity contribution in [3.63, 3.8) is 0 Å². The molecule has 0 radical (unpaired) electrons. The molecule has 2 heterocycles. The van der Waals surface area contributed by atoms with Crippen molar-refractivity contribution >= 4 is 5.97 Å². The highest BCUT2D eigenvalue weighted by Crippen LogP contribution is 2.19. The number of morpholine rings is 1. The number of nitrogens with zero attached hydrogens (tertiary/aromatic N) is 2. The van der Waals surface area contributed by atoms with Gasteiger partial charge in [-0.2, -0.15) is 0 Å². The smallest absolute Gasteiger partial charge is 0.329 e. The minimum absolute atomic E-state index is 0.167. The highest BCUT2D eigenvalue weighted by molar-refractivity contribution is 5.74. The fraction of sp³-hybridized carbons (Fsp3) is 0.667. The molecule has 1 atom stereocenters. The Morgan fingerprint density at radius 2 is 2.00 bits per heavy atom. The average Bonchev–Trinajstić information content (AvgIpc) is 2.55. The van der Waals surface area contributed by atoms with Crippen molar-refractivity contribution in [1.29, 1.82) is 0 Å². The summed E-state index contributed by atoms with van der Waals surface area (Å²) < 4.78 is 12.1. The molecule has 1 saturated heterocycles. The molecule has 6 heteroatoms. The minimum Gasteiger partial charge on any atom is -0.464 e. The highest BCUT2D eigenvalue weighted by atomic mass is 16.5. The number of aromatic nitrogens is 1. The molecule has 1 unspecified atom stereocenters. The summed E-state index contributed by atoms with van der Waals surface area (Å²) in [6.07, 6.45) is 2.39. The Morgan fingerprint density at radius 1 is 1.29 bits per heavy atom. The lowest BCUT2D eigenvalue weighted by Crippen LogP contribution is -2.36. The number of pyridine rings is 1. The maximum atomic E-state index is 12.3. The zero-order valence-corrected chi connectivity index (χ0v) is 14.9.